The molecule has 3 aliphatic rings. The summed E-state index contributed by atoms with van der Waals surface area (Å²) in [5.41, 5.74) is 0.887. The van der Waals surface area contributed by atoms with Crippen LogP contribution in [0.3, 0.4) is 0 Å². The minimum absolute atomic E-state index is 0.166. The lowest BCUT2D eigenvalue weighted by molar-refractivity contribution is -0.132. The number of piperazine rings is 1. The molecule has 6 heteroatoms. The second-order valence-electron chi connectivity index (χ2n) is 7.13. The van der Waals surface area contributed by atoms with Crippen LogP contribution in [0.25, 0.3) is 0 Å². The molecule has 0 spiro atoms. The van der Waals surface area contributed by atoms with Crippen molar-refractivity contribution in [1.29, 1.82) is 0 Å². The molecule has 0 radical (unpaired) electrons. The fourth-order valence-corrected chi connectivity index (χ4v) is 4.45. The molecular weight excluding hydrogens is 340 g/mol. The molecular formula is C19H25ClN2O3. The Morgan fingerprint density at radius 2 is 1.80 bits per heavy atom. The van der Waals surface area contributed by atoms with E-state index in [0.717, 1.165) is 37.8 Å². The molecule has 0 aromatic heterocycles. The van der Waals surface area contributed by atoms with E-state index in [9.17, 15) is 4.79 Å². The monoisotopic (exact) mass is 364 g/mol. The number of rotatable bonds is 3. The van der Waals surface area contributed by atoms with E-state index in [1.54, 1.807) is 0 Å². The SMILES string of the molecule is O=C(Cc1cc(Cl)c2c(c1)OCCO2)N1CCN(C2CCCC2)CC1. The van der Waals surface area contributed by atoms with E-state index >= 15 is 0 Å². The van der Waals surface area contributed by atoms with Crippen LogP contribution in [0.4, 0.5) is 0 Å². The average molecular weight is 365 g/mol. The molecule has 0 atom stereocenters. The predicted octanol–water partition coefficient (Wildman–Crippen LogP) is 2.74. The first-order chi connectivity index (χ1) is 12.2. The second-order valence-corrected chi connectivity index (χ2v) is 7.54. The maximum atomic E-state index is 12.7. The summed E-state index contributed by atoms with van der Waals surface area (Å²) in [7, 11) is 0. The number of nitrogens with zero attached hydrogens (tertiary/aromatic N) is 2. The number of amides is 1. The zero-order chi connectivity index (χ0) is 17.2. The van der Waals surface area contributed by atoms with Crippen molar-refractivity contribution in [3.8, 4) is 11.5 Å². The molecule has 2 aliphatic heterocycles. The second kappa shape index (κ2) is 7.42. The largest absolute Gasteiger partial charge is 0.486 e. The smallest absolute Gasteiger partial charge is 0.227 e. The van der Waals surface area contributed by atoms with Gasteiger partial charge in [-0.1, -0.05) is 24.4 Å². The van der Waals surface area contributed by atoms with Crippen LogP contribution in [0.2, 0.25) is 5.02 Å². The van der Waals surface area contributed by atoms with Crippen molar-refractivity contribution >= 4 is 17.5 Å². The highest BCUT2D eigenvalue weighted by Gasteiger charge is 2.28. The van der Waals surface area contributed by atoms with Crippen LogP contribution >= 0.6 is 11.6 Å². The molecule has 1 saturated heterocycles. The molecule has 2 fully saturated rings. The molecule has 1 aromatic carbocycles. The van der Waals surface area contributed by atoms with E-state index in [1.807, 2.05) is 17.0 Å². The zero-order valence-corrected chi connectivity index (χ0v) is 15.3. The maximum absolute atomic E-state index is 12.7. The Morgan fingerprint density at radius 1 is 1.08 bits per heavy atom. The third kappa shape index (κ3) is 3.72. The molecule has 5 nitrogen and oxygen atoms in total. The van der Waals surface area contributed by atoms with Gasteiger partial charge >= 0.3 is 0 Å². The van der Waals surface area contributed by atoms with E-state index in [0.29, 0.717) is 36.2 Å². The fraction of sp³-hybridized carbons (Fsp3) is 0.632. The minimum Gasteiger partial charge on any atom is -0.486 e. The lowest BCUT2D eigenvalue weighted by Crippen LogP contribution is -2.51. The van der Waals surface area contributed by atoms with Crippen LogP contribution in [0.15, 0.2) is 12.1 Å². The van der Waals surface area contributed by atoms with Crippen molar-refractivity contribution in [3.63, 3.8) is 0 Å². The zero-order valence-electron chi connectivity index (χ0n) is 14.5. The molecule has 0 N–H and O–H groups in total. The molecule has 4 rings (SSSR count). The van der Waals surface area contributed by atoms with Gasteiger partial charge in [0, 0.05) is 32.2 Å². The van der Waals surface area contributed by atoms with Gasteiger partial charge in [0.15, 0.2) is 11.5 Å². The highest BCUT2D eigenvalue weighted by molar-refractivity contribution is 6.32. The van der Waals surface area contributed by atoms with E-state index in [-0.39, 0.29) is 5.91 Å². The summed E-state index contributed by atoms with van der Waals surface area (Å²) in [6.45, 7) is 4.68. The third-order valence-electron chi connectivity index (χ3n) is 5.52. The number of benzene rings is 1. The normalized spacial score (nSPS) is 21.6. The Hall–Kier alpha value is -1.46. The molecule has 25 heavy (non-hydrogen) atoms. The number of halogens is 1. The van der Waals surface area contributed by atoms with Crippen LogP contribution in [0.5, 0.6) is 11.5 Å². The minimum atomic E-state index is 0.166. The van der Waals surface area contributed by atoms with E-state index in [2.05, 4.69) is 4.90 Å². The van der Waals surface area contributed by atoms with Crippen LogP contribution in [0.1, 0.15) is 31.2 Å². The van der Waals surface area contributed by atoms with Crippen LogP contribution in [-0.2, 0) is 11.2 Å². The van der Waals surface area contributed by atoms with Gasteiger partial charge in [-0.05, 0) is 30.5 Å². The highest BCUT2D eigenvalue weighted by atomic mass is 35.5. The van der Waals surface area contributed by atoms with Crippen molar-refractivity contribution in [2.24, 2.45) is 0 Å². The standard InChI is InChI=1S/C19H25ClN2O3/c20-16-11-14(12-17-19(16)25-10-9-24-17)13-18(23)22-7-5-21(6-8-22)15-3-1-2-4-15/h11-12,15H,1-10,13H2. The van der Waals surface area contributed by atoms with Gasteiger partial charge < -0.3 is 14.4 Å². The summed E-state index contributed by atoms with van der Waals surface area (Å²) in [5.74, 6) is 1.40. The molecule has 1 aromatic rings. The van der Waals surface area contributed by atoms with Crippen molar-refractivity contribution < 1.29 is 14.3 Å². The summed E-state index contributed by atoms with van der Waals surface area (Å²) in [6.07, 6.45) is 5.72. The van der Waals surface area contributed by atoms with Crippen molar-refractivity contribution in [2.75, 3.05) is 39.4 Å². The van der Waals surface area contributed by atoms with Gasteiger partial charge in [0.2, 0.25) is 5.91 Å². The Kier molecular flexibility index (Phi) is 5.04. The van der Waals surface area contributed by atoms with Crippen LogP contribution in [0, 0.1) is 0 Å². The van der Waals surface area contributed by atoms with Gasteiger partial charge in [-0.3, -0.25) is 9.69 Å². The third-order valence-corrected chi connectivity index (χ3v) is 5.80. The lowest BCUT2D eigenvalue weighted by atomic mass is 10.1. The summed E-state index contributed by atoms with van der Waals surface area (Å²) >= 11 is 6.27. The number of ether oxygens (including phenoxy) is 2. The average Bonchev–Trinajstić information content (AvgIpc) is 3.16. The number of hydrogen-bond acceptors (Lipinski definition) is 4. The quantitative estimate of drug-likeness (QED) is 0.827. The van der Waals surface area contributed by atoms with Gasteiger partial charge in [-0.2, -0.15) is 0 Å². The molecule has 136 valence electrons. The van der Waals surface area contributed by atoms with Crippen LogP contribution < -0.4 is 9.47 Å². The number of carbonyl (C=O) groups is 1. The first-order valence-corrected chi connectivity index (χ1v) is 9.68. The number of carbonyl (C=O) groups excluding carboxylic acids is 1. The topological polar surface area (TPSA) is 42.0 Å². The number of hydrogen-bond donors (Lipinski definition) is 0. The first kappa shape index (κ1) is 17.0. The van der Waals surface area contributed by atoms with E-state index in [1.165, 1.54) is 25.7 Å². The van der Waals surface area contributed by atoms with Crippen molar-refractivity contribution in [3.05, 3.63) is 22.7 Å². The van der Waals surface area contributed by atoms with E-state index in [4.69, 9.17) is 21.1 Å². The molecule has 1 saturated carbocycles. The summed E-state index contributed by atoms with van der Waals surface area (Å²) in [4.78, 5) is 17.2. The molecule has 0 bridgehead atoms. The molecule has 1 aliphatic carbocycles. The summed E-state index contributed by atoms with van der Waals surface area (Å²) in [6, 6.07) is 4.45. The van der Waals surface area contributed by atoms with Gasteiger partial charge in [0.05, 0.1) is 11.4 Å². The van der Waals surface area contributed by atoms with Gasteiger partial charge in [0.25, 0.3) is 0 Å². The first-order valence-electron chi connectivity index (χ1n) is 9.30. The fourth-order valence-electron chi connectivity index (χ4n) is 4.16. The van der Waals surface area contributed by atoms with Gasteiger partial charge in [-0.25, -0.2) is 0 Å². The maximum Gasteiger partial charge on any atom is 0.227 e. The van der Waals surface area contributed by atoms with Gasteiger partial charge in [-0.15, -0.1) is 0 Å². The summed E-state index contributed by atoms with van der Waals surface area (Å²) in [5, 5.41) is 0.519. The molecule has 0 unspecified atom stereocenters. The van der Waals surface area contributed by atoms with Crippen molar-refractivity contribution in [1.82, 2.24) is 9.80 Å². The predicted molar refractivity (Wildman–Crippen MR) is 96.6 cm³/mol. The number of fused-ring (bicyclic) bond motifs is 1. The Labute approximate surface area is 153 Å². The summed E-state index contributed by atoms with van der Waals surface area (Å²) < 4.78 is 11.1. The Bertz CT molecular complexity index is 638. The van der Waals surface area contributed by atoms with Crippen molar-refractivity contribution in [2.45, 2.75) is 38.1 Å². The lowest BCUT2D eigenvalue weighted by Gasteiger charge is -2.38. The molecule has 2 heterocycles. The Morgan fingerprint density at radius 3 is 2.56 bits per heavy atom. The molecule has 1 amide bonds. The highest BCUT2D eigenvalue weighted by Crippen LogP contribution is 2.38. The van der Waals surface area contributed by atoms with Gasteiger partial charge in [0.1, 0.15) is 13.2 Å². The Balaban J connectivity index is 1.35. The van der Waals surface area contributed by atoms with E-state index < -0.39 is 0 Å². The van der Waals surface area contributed by atoms with Crippen LogP contribution in [-0.4, -0.2) is 61.1 Å².